The Bertz CT molecular complexity index is 625. The zero-order valence-electron chi connectivity index (χ0n) is 12.0. The van der Waals surface area contributed by atoms with E-state index in [4.69, 9.17) is 0 Å². The van der Waals surface area contributed by atoms with Gasteiger partial charge in [0.05, 0.1) is 6.54 Å². The number of carbonyl (C=O) groups excluding carboxylic acids is 1. The lowest BCUT2D eigenvalue weighted by atomic mass is 10.1. The van der Waals surface area contributed by atoms with Crippen LogP contribution in [0.1, 0.15) is 34.5 Å². The first-order valence-corrected chi connectivity index (χ1v) is 7.13. The van der Waals surface area contributed by atoms with Crippen molar-refractivity contribution in [2.75, 3.05) is 0 Å². The van der Waals surface area contributed by atoms with E-state index in [2.05, 4.69) is 10.6 Å². The molecule has 0 bridgehead atoms. The van der Waals surface area contributed by atoms with Crippen molar-refractivity contribution < 1.29 is 4.79 Å². The molecule has 1 aromatic heterocycles. The molecule has 0 atom stereocenters. The Kier molecular flexibility index (Phi) is 3.35. The second-order valence-electron chi connectivity index (χ2n) is 5.59. The van der Waals surface area contributed by atoms with Gasteiger partial charge in [-0.05, 0) is 43.5 Å². The minimum absolute atomic E-state index is 0.159. The number of hydrogen-bond donors (Lipinski definition) is 0. The van der Waals surface area contributed by atoms with Gasteiger partial charge in [-0.15, -0.1) is 0 Å². The molecule has 104 valence electrons. The van der Waals surface area contributed by atoms with Crippen molar-refractivity contribution in [3.8, 4) is 0 Å². The number of nitrogens with zero attached hydrogens (tertiary/aromatic N) is 2. The highest BCUT2D eigenvalue weighted by Gasteiger charge is 2.33. The monoisotopic (exact) mass is 268 g/mol. The Hall–Kier alpha value is -2.03. The van der Waals surface area contributed by atoms with Crippen LogP contribution in [0.15, 0.2) is 42.6 Å². The molecule has 2 aromatic rings. The summed E-state index contributed by atoms with van der Waals surface area (Å²) in [6.45, 7) is 2.70. The van der Waals surface area contributed by atoms with E-state index < -0.39 is 0 Å². The van der Waals surface area contributed by atoms with E-state index in [0.29, 0.717) is 12.6 Å². The molecule has 0 unspecified atom stereocenters. The van der Waals surface area contributed by atoms with E-state index in [0.717, 1.165) is 24.0 Å². The predicted octanol–water partition coefficient (Wildman–Crippen LogP) is 3.14. The van der Waals surface area contributed by atoms with Gasteiger partial charge in [-0.1, -0.05) is 18.2 Å². The van der Waals surface area contributed by atoms with Crippen molar-refractivity contribution >= 4 is 5.91 Å². The van der Waals surface area contributed by atoms with Gasteiger partial charge in [0.25, 0.3) is 5.91 Å². The molecule has 1 amide bonds. The minimum Gasteiger partial charge on any atom is -0.353 e. The SMILES string of the molecule is Cc1ccccc1C(=O)N(Cc1cccn1C)C1CC1. The van der Waals surface area contributed by atoms with Gasteiger partial charge >= 0.3 is 0 Å². The third kappa shape index (κ3) is 2.48. The van der Waals surface area contributed by atoms with Crippen LogP contribution in [0.3, 0.4) is 0 Å². The number of aryl methyl sites for hydroxylation is 2. The lowest BCUT2D eigenvalue weighted by Crippen LogP contribution is -2.33. The molecule has 1 aromatic carbocycles. The maximum absolute atomic E-state index is 12.8. The van der Waals surface area contributed by atoms with Crippen molar-refractivity contribution in [1.29, 1.82) is 0 Å². The van der Waals surface area contributed by atoms with E-state index in [9.17, 15) is 4.79 Å². The Morgan fingerprint density at radius 1 is 1.25 bits per heavy atom. The molecule has 1 aliphatic rings. The van der Waals surface area contributed by atoms with Gasteiger partial charge in [0, 0.05) is 30.5 Å². The summed E-state index contributed by atoms with van der Waals surface area (Å²) >= 11 is 0. The number of carbonyl (C=O) groups is 1. The standard InChI is InChI=1S/C17H20N2O/c1-13-6-3-4-8-16(13)17(20)19(14-9-10-14)12-15-7-5-11-18(15)2/h3-8,11,14H,9-10,12H2,1-2H3. The second kappa shape index (κ2) is 5.16. The molecular weight excluding hydrogens is 248 g/mol. The summed E-state index contributed by atoms with van der Waals surface area (Å²) in [5.41, 5.74) is 3.06. The van der Waals surface area contributed by atoms with Crippen LogP contribution in [0, 0.1) is 6.92 Å². The summed E-state index contributed by atoms with van der Waals surface area (Å²) in [5, 5.41) is 0. The Balaban J connectivity index is 1.86. The first-order chi connectivity index (χ1) is 9.66. The Morgan fingerprint density at radius 3 is 2.60 bits per heavy atom. The molecule has 0 radical (unpaired) electrons. The first kappa shape index (κ1) is 13.0. The summed E-state index contributed by atoms with van der Waals surface area (Å²) in [4.78, 5) is 14.8. The van der Waals surface area contributed by atoms with Gasteiger partial charge in [0.2, 0.25) is 0 Å². The largest absolute Gasteiger partial charge is 0.353 e. The van der Waals surface area contributed by atoms with Crippen molar-refractivity contribution in [3.63, 3.8) is 0 Å². The van der Waals surface area contributed by atoms with Crippen LogP contribution in [0.25, 0.3) is 0 Å². The quantitative estimate of drug-likeness (QED) is 0.836. The number of amides is 1. The van der Waals surface area contributed by atoms with Gasteiger partial charge in [-0.2, -0.15) is 0 Å². The molecule has 3 rings (SSSR count). The summed E-state index contributed by atoms with van der Waals surface area (Å²) in [6, 6.07) is 12.4. The fraction of sp³-hybridized carbons (Fsp3) is 0.353. The van der Waals surface area contributed by atoms with Crippen LogP contribution >= 0.6 is 0 Å². The third-order valence-electron chi connectivity index (χ3n) is 4.01. The number of benzene rings is 1. The highest BCUT2D eigenvalue weighted by molar-refractivity contribution is 5.96. The number of hydrogen-bond acceptors (Lipinski definition) is 1. The van der Waals surface area contributed by atoms with Gasteiger partial charge in [-0.3, -0.25) is 4.79 Å². The molecule has 1 saturated carbocycles. The zero-order valence-corrected chi connectivity index (χ0v) is 12.0. The topological polar surface area (TPSA) is 25.2 Å². The Morgan fingerprint density at radius 2 is 2.00 bits per heavy atom. The highest BCUT2D eigenvalue weighted by atomic mass is 16.2. The molecule has 0 N–H and O–H groups in total. The van der Waals surface area contributed by atoms with Crippen LogP contribution in [-0.2, 0) is 13.6 Å². The van der Waals surface area contributed by atoms with Crippen LogP contribution in [0.4, 0.5) is 0 Å². The maximum Gasteiger partial charge on any atom is 0.254 e. The van der Waals surface area contributed by atoms with E-state index in [1.54, 1.807) is 0 Å². The molecule has 0 saturated heterocycles. The normalized spacial score (nSPS) is 14.3. The lowest BCUT2D eigenvalue weighted by Gasteiger charge is -2.23. The van der Waals surface area contributed by atoms with E-state index in [1.807, 2.05) is 55.4 Å². The second-order valence-corrected chi connectivity index (χ2v) is 5.59. The minimum atomic E-state index is 0.159. The summed E-state index contributed by atoms with van der Waals surface area (Å²) in [7, 11) is 2.03. The van der Waals surface area contributed by atoms with E-state index >= 15 is 0 Å². The predicted molar refractivity (Wildman–Crippen MR) is 79.5 cm³/mol. The highest BCUT2D eigenvalue weighted by Crippen LogP contribution is 2.30. The molecule has 0 spiro atoms. The Labute approximate surface area is 119 Å². The molecule has 3 nitrogen and oxygen atoms in total. The van der Waals surface area contributed by atoms with Crippen LogP contribution < -0.4 is 0 Å². The fourth-order valence-electron chi connectivity index (χ4n) is 2.56. The smallest absolute Gasteiger partial charge is 0.254 e. The third-order valence-corrected chi connectivity index (χ3v) is 4.01. The number of aromatic nitrogens is 1. The summed E-state index contributed by atoms with van der Waals surface area (Å²) in [5.74, 6) is 0.159. The van der Waals surface area contributed by atoms with Crippen molar-refractivity contribution in [2.24, 2.45) is 7.05 Å². The average Bonchev–Trinajstić information content (AvgIpc) is 3.20. The first-order valence-electron chi connectivity index (χ1n) is 7.13. The average molecular weight is 268 g/mol. The van der Waals surface area contributed by atoms with E-state index in [-0.39, 0.29) is 5.91 Å². The molecule has 3 heteroatoms. The molecule has 0 aliphatic heterocycles. The van der Waals surface area contributed by atoms with Crippen molar-refractivity contribution in [1.82, 2.24) is 9.47 Å². The van der Waals surface area contributed by atoms with Gasteiger partial charge in [-0.25, -0.2) is 0 Å². The molecule has 20 heavy (non-hydrogen) atoms. The van der Waals surface area contributed by atoms with Crippen molar-refractivity contribution in [3.05, 3.63) is 59.4 Å². The van der Waals surface area contributed by atoms with Crippen LogP contribution in [0.2, 0.25) is 0 Å². The zero-order chi connectivity index (χ0) is 14.1. The lowest BCUT2D eigenvalue weighted by molar-refractivity contribution is 0.0725. The summed E-state index contributed by atoms with van der Waals surface area (Å²) < 4.78 is 2.08. The van der Waals surface area contributed by atoms with Crippen LogP contribution in [0.5, 0.6) is 0 Å². The van der Waals surface area contributed by atoms with Crippen LogP contribution in [-0.4, -0.2) is 21.4 Å². The van der Waals surface area contributed by atoms with Gasteiger partial charge in [0.15, 0.2) is 0 Å². The number of rotatable bonds is 4. The van der Waals surface area contributed by atoms with Gasteiger partial charge < -0.3 is 9.47 Å². The molecule has 1 heterocycles. The molecular formula is C17H20N2O. The van der Waals surface area contributed by atoms with E-state index in [1.165, 1.54) is 5.69 Å². The fourth-order valence-corrected chi connectivity index (χ4v) is 2.56. The van der Waals surface area contributed by atoms with Gasteiger partial charge in [0.1, 0.15) is 0 Å². The summed E-state index contributed by atoms with van der Waals surface area (Å²) in [6.07, 6.45) is 4.28. The molecule has 1 aliphatic carbocycles. The maximum atomic E-state index is 12.8. The molecule has 1 fully saturated rings. The van der Waals surface area contributed by atoms with Crippen molar-refractivity contribution in [2.45, 2.75) is 32.4 Å².